The molecule has 3 fully saturated rings. The van der Waals surface area contributed by atoms with Gasteiger partial charge in [-0.15, -0.1) is 0 Å². The molecule has 43 heavy (non-hydrogen) atoms. The van der Waals surface area contributed by atoms with Gasteiger partial charge in [0, 0.05) is 11.8 Å². The van der Waals surface area contributed by atoms with Gasteiger partial charge < -0.3 is 33.7 Å². The number of hydrogen-bond donors (Lipinski definition) is 1. The van der Waals surface area contributed by atoms with E-state index in [-0.39, 0.29) is 12.4 Å². The second kappa shape index (κ2) is 11.3. The van der Waals surface area contributed by atoms with Gasteiger partial charge in [-0.1, -0.05) is 36.4 Å². The Morgan fingerprint density at radius 1 is 0.860 bits per heavy atom. The third kappa shape index (κ3) is 6.10. The molecule has 0 aliphatic carbocycles. The third-order valence-electron chi connectivity index (χ3n) is 7.42. The van der Waals surface area contributed by atoms with Crippen LogP contribution in [-0.4, -0.2) is 70.1 Å². The number of nitrogens with one attached hydrogen (secondary N) is 1. The molecule has 4 heterocycles. The van der Waals surface area contributed by atoms with Crippen molar-refractivity contribution in [2.75, 3.05) is 11.9 Å². The predicted octanol–water partition coefficient (Wildman–Crippen LogP) is 3.29. The molecule has 12 nitrogen and oxygen atoms in total. The molecule has 3 aromatic rings. The second-order valence-electron chi connectivity index (χ2n) is 11.5. The molecule has 12 heteroatoms. The van der Waals surface area contributed by atoms with Crippen LogP contribution in [0.4, 0.5) is 5.82 Å². The average Bonchev–Trinajstić information content (AvgIpc) is 3.26. The molecular formula is C31H33N3O9. The average molecular weight is 592 g/mol. The zero-order chi connectivity index (χ0) is 30.4. The standard InChI is InChI=1S/C31H33N3O9/c1-30(2)38-17-20-22(41-30)23-24(43-31(3,4)42-23)25(40-28(36)19-13-9-6-10-14-19)27(39-20)34-16-15-21(33-29(34)37)32-26(35)18-11-7-5-8-12-18/h5-16,20,22-25,27H,17H2,1-4H3,(H,32,33,35,37)/t20?,22-,23-,24?,25?,27+/m0/s1. The van der Waals surface area contributed by atoms with Crippen LogP contribution in [0.1, 0.15) is 54.6 Å². The lowest BCUT2D eigenvalue weighted by Gasteiger charge is -2.42. The number of carbonyl (C=O) groups excluding carboxylic acids is 2. The van der Waals surface area contributed by atoms with Crippen molar-refractivity contribution in [3.05, 3.63) is 94.5 Å². The van der Waals surface area contributed by atoms with Gasteiger partial charge in [0.2, 0.25) is 0 Å². The Kier molecular flexibility index (Phi) is 7.65. The fourth-order valence-corrected chi connectivity index (χ4v) is 5.52. The maximum atomic E-state index is 13.5. The first kappa shape index (κ1) is 29.1. The molecule has 1 aromatic heterocycles. The Morgan fingerprint density at radius 3 is 2.16 bits per heavy atom. The Morgan fingerprint density at radius 2 is 1.49 bits per heavy atom. The van der Waals surface area contributed by atoms with E-state index < -0.39 is 65.9 Å². The molecule has 3 aliphatic rings. The van der Waals surface area contributed by atoms with Crippen LogP contribution in [0.3, 0.4) is 0 Å². The summed E-state index contributed by atoms with van der Waals surface area (Å²) in [6, 6.07) is 18.5. The van der Waals surface area contributed by atoms with Gasteiger partial charge >= 0.3 is 11.7 Å². The Balaban J connectivity index is 1.38. The Bertz CT molecular complexity index is 1540. The second-order valence-corrected chi connectivity index (χ2v) is 11.5. The van der Waals surface area contributed by atoms with Gasteiger partial charge in [-0.05, 0) is 58.0 Å². The summed E-state index contributed by atoms with van der Waals surface area (Å²) in [5.41, 5.74) is -0.0302. The largest absolute Gasteiger partial charge is 0.451 e. The van der Waals surface area contributed by atoms with Crippen molar-refractivity contribution >= 4 is 17.7 Å². The van der Waals surface area contributed by atoms with Gasteiger partial charge in [0.05, 0.1) is 12.2 Å². The van der Waals surface area contributed by atoms with Crippen LogP contribution in [0.15, 0.2) is 77.7 Å². The van der Waals surface area contributed by atoms with E-state index in [0.717, 1.165) is 0 Å². The summed E-state index contributed by atoms with van der Waals surface area (Å²) < 4.78 is 38.6. The number of carbonyl (C=O) groups is 2. The lowest BCUT2D eigenvalue weighted by atomic mass is 9.99. The minimum atomic E-state index is -1.21. The highest BCUT2D eigenvalue weighted by Gasteiger charge is 2.60. The van der Waals surface area contributed by atoms with Crippen molar-refractivity contribution in [3.63, 3.8) is 0 Å². The topological polar surface area (TPSA) is 136 Å². The fraction of sp³-hybridized carbons (Fsp3) is 0.419. The van der Waals surface area contributed by atoms with Crippen LogP contribution in [-0.2, 0) is 28.4 Å². The number of esters is 1. The van der Waals surface area contributed by atoms with Gasteiger partial charge in [0.1, 0.15) is 30.2 Å². The zero-order valence-corrected chi connectivity index (χ0v) is 24.2. The van der Waals surface area contributed by atoms with E-state index in [0.29, 0.717) is 11.1 Å². The van der Waals surface area contributed by atoms with Crippen molar-refractivity contribution in [2.24, 2.45) is 0 Å². The number of anilines is 1. The predicted molar refractivity (Wildman–Crippen MR) is 151 cm³/mol. The minimum Gasteiger partial charge on any atom is -0.451 e. The summed E-state index contributed by atoms with van der Waals surface area (Å²) in [5.74, 6) is -3.02. The van der Waals surface area contributed by atoms with Crippen LogP contribution in [0.25, 0.3) is 0 Å². The van der Waals surface area contributed by atoms with Gasteiger partial charge in [-0.25, -0.2) is 9.59 Å². The maximum Gasteiger partial charge on any atom is 0.351 e. The van der Waals surface area contributed by atoms with E-state index in [2.05, 4.69) is 10.3 Å². The molecule has 1 amide bonds. The molecule has 3 saturated heterocycles. The number of hydrogen-bond acceptors (Lipinski definition) is 10. The molecule has 6 rings (SSSR count). The summed E-state index contributed by atoms with van der Waals surface area (Å²) in [5, 5.41) is 2.63. The van der Waals surface area contributed by atoms with Crippen LogP contribution >= 0.6 is 0 Å². The molecule has 6 atom stereocenters. The number of benzene rings is 2. The molecular weight excluding hydrogens is 558 g/mol. The zero-order valence-electron chi connectivity index (χ0n) is 24.2. The number of rotatable bonds is 5. The van der Waals surface area contributed by atoms with Crippen molar-refractivity contribution < 1.29 is 38.0 Å². The Hall–Kier alpha value is -3.94. The number of ether oxygens (including phenoxy) is 6. The van der Waals surface area contributed by atoms with Crippen molar-refractivity contribution in [1.82, 2.24) is 9.55 Å². The molecule has 226 valence electrons. The first-order valence-corrected chi connectivity index (χ1v) is 14.0. The summed E-state index contributed by atoms with van der Waals surface area (Å²) in [7, 11) is 0. The number of aromatic nitrogens is 2. The van der Waals surface area contributed by atoms with Crippen molar-refractivity contribution in [2.45, 2.75) is 76.0 Å². The van der Waals surface area contributed by atoms with E-state index >= 15 is 0 Å². The highest BCUT2D eigenvalue weighted by atomic mass is 16.8. The normalized spacial score (nSPS) is 29.0. The number of nitrogens with zero attached hydrogens (tertiary/aromatic N) is 2. The highest BCUT2D eigenvalue weighted by Crippen LogP contribution is 2.44. The smallest absolute Gasteiger partial charge is 0.351 e. The van der Waals surface area contributed by atoms with E-state index in [1.165, 1.54) is 16.8 Å². The van der Waals surface area contributed by atoms with Gasteiger partial charge in [-0.2, -0.15) is 4.98 Å². The highest BCUT2D eigenvalue weighted by molar-refractivity contribution is 6.03. The molecule has 2 aromatic carbocycles. The molecule has 1 N–H and O–H groups in total. The third-order valence-corrected chi connectivity index (χ3v) is 7.42. The monoisotopic (exact) mass is 591 g/mol. The molecule has 3 unspecified atom stereocenters. The first-order valence-electron chi connectivity index (χ1n) is 14.0. The van der Waals surface area contributed by atoms with E-state index in [1.54, 1.807) is 88.4 Å². The van der Waals surface area contributed by atoms with Crippen LogP contribution in [0, 0.1) is 0 Å². The van der Waals surface area contributed by atoms with Gasteiger partial charge in [-0.3, -0.25) is 9.36 Å². The summed E-state index contributed by atoms with van der Waals surface area (Å²) in [6.07, 6.45) is -3.95. The van der Waals surface area contributed by atoms with Crippen LogP contribution in [0.5, 0.6) is 0 Å². The van der Waals surface area contributed by atoms with Crippen LogP contribution < -0.4 is 11.0 Å². The van der Waals surface area contributed by atoms with Crippen molar-refractivity contribution in [1.29, 1.82) is 0 Å². The first-order chi connectivity index (χ1) is 20.5. The quantitative estimate of drug-likeness (QED) is 0.440. The lowest BCUT2D eigenvalue weighted by molar-refractivity contribution is -0.332. The molecule has 0 radical (unpaired) electrons. The maximum absolute atomic E-state index is 13.5. The fourth-order valence-electron chi connectivity index (χ4n) is 5.52. The van der Waals surface area contributed by atoms with Gasteiger partial charge in [0.15, 0.2) is 23.9 Å². The lowest BCUT2D eigenvalue weighted by Crippen LogP contribution is -2.55. The summed E-state index contributed by atoms with van der Waals surface area (Å²) in [6.45, 7) is 7.19. The summed E-state index contributed by atoms with van der Waals surface area (Å²) >= 11 is 0. The van der Waals surface area contributed by atoms with Crippen molar-refractivity contribution in [3.8, 4) is 0 Å². The van der Waals surface area contributed by atoms with Gasteiger partial charge in [0.25, 0.3) is 5.91 Å². The molecule has 3 aliphatic heterocycles. The molecule has 0 spiro atoms. The SMILES string of the molecule is CC1(C)OC2C(OC(=O)c3ccccc3)[C@H](n3ccc(NC(=O)c4ccccc4)nc3=O)OC3COC(C)(C)O[C@@H]3[C@@H]2O1. The van der Waals surface area contributed by atoms with Crippen LogP contribution in [0.2, 0.25) is 0 Å². The molecule has 0 bridgehead atoms. The summed E-state index contributed by atoms with van der Waals surface area (Å²) in [4.78, 5) is 43.6. The van der Waals surface area contributed by atoms with E-state index in [4.69, 9.17) is 28.4 Å². The number of amides is 1. The molecule has 0 saturated carbocycles. The number of fused-ring (bicyclic) bond motifs is 3. The van der Waals surface area contributed by atoms with E-state index in [1.807, 2.05) is 0 Å². The van der Waals surface area contributed by atoms with E-state index in [9.17, 15) is 14.4 Å². The Labute approximate surface area is 247 Å². The minimum absolute atomic E-state index is 0.0463.